The quantitative estimate of drug-likeness (QED) is 0.318. The molecule has 4 rings (SSSR count). The van der Waals surface area contributed by atoms with Gasteiger partial charge in [-0.3, -0.25) is 9.59 Å². The maximum absolute atomic E-state index is 13.5. The molecular formula is C28H25ClN4O4S. The van der Waals surface area contributed by atoms with Crippen LogP contribution in [-0.2, 0) is 9.59 Å². The molecule has 1 atom stereocenters. The summed E-state index contributed by atoms with van der Waals surface area (Å²) in [5.41, 5.74) is 3.01. The fourth-order valence-corrected chi connectivity index (χ4v) is 5.14. The highest BCUT2D eigenvalue weighted by atomic mass is 35.5. The lowest BCUT2D eigenvalue weighted by molar-refractivity contribution is -0.114. The van der Waals surface area contributed by atoms with Gasteiger partial charge >= 0.3 is 0 Å². The van der Waals surface area contributed by atoms with Crippen LogP contribution in [0.5, 0.6) is 5.75 Å². The largest absolute Gasteiger partial charge is 0.495 e. The summed E-state index contributed by atoms with van der Waals surface area (Å²) in [5.74, 6) is -0.475. The standard InChI is InChI=1S/C28H25ClN4O4S/c1-16-19(29)8-6-10-20(16)32-24(34)15-38-28-18(14-30)26(23-12-7-13-37-23)25(17(2)31-28)27(35)33-21-9-4-5-11-22(21)36-3/h4-13,26,31H,15H2,1-3H3,(H,32,34)(H,33,35)/t26-/m1/s1. The zero-order valence-corrected chi connectivity index (χ0v) is 22.5. The lowest BCUT2D eigenvalue weighted by Crippen LogP contribution is -2.31. The molecule has 0 saturated carbocycles. The summed E-state index contributed by atoms with van der Waals surface area (Å²) >= 11 is 7.33. The minimum absolute atomic E-state index is 0.0281. The monoisotopic (exact) mass is 548 g/mol. The number of rotatable bonds is 8. The van der Waals surface area contributed by atoms with E-state index in [-0.39, 0.29) is 17.2 Å². The lowest BCUT2D eigenvalue weighted by atomic mass is 9.85. The molecule has 0 unspecified atom stereocenters. The van der Waals surface area contributed by atoms with E-state index in [0.717, 1.165) is 5.56 Å². The van der Waals surface area contributed by atoms with Gasteiger partial charge in [0.25, 0.3) is 5.91 Å². The van der Waals surface area contributed by atoms with Crippen molar-refractivity contribution in [3.8, 4) is 11.8 Å². The van der Waals surface area contributed by atoms with Crippen LogP contribution in [-0.4, -0.2) is 24.7 Å². The molecule has 10 heteroatoms. The van der Waals surface area contributed by atoms with Gasteiger partial charge in [0.1, 0.15) is 11.5 Å². The molecule has 2 amide bonds. The first-order valence-electron chi connectivity index (χ1n) is 11.6. The Labute approximate surface area is 229 Å². The minimum Gasteiger partial charge on any atom is -0.495 e. The van der Waals surface area contributed by atoms with Gasteiger partial charge in [-0.1, -0.05) is 41.6 Å². The summed E-state index contributed by atoms with van der Waals surface area (Å²) in [4.78, 5) is 26.3. The Morgan fingerprint density at radius 2 is 1.87 bits per heavy atom. The molecule has 2 heterocycles. The van der Waals surface area contributed by atoms with Crippen LogP contribution in [0.15, 0.2) is 87.1 Å². The number of nitrogens with zero attached hydrogens (tertiary/aromatic N) is 1. The van der Waals surface area contributed by atoms with E-state index >= 15 is 0 Å². The number of hydrogen-bond donors (Lipinski definition) is 3. The summed E-state index contributed by atoms with van der Waals surface area (Å²) in [6.07, 6.45) is 1.49. The molecule has 0 bridgehead atoms. The van der Waals surface area contributed by atoms with Crippen LogP contribution >= 0.6 is 23.4 Å². The zero-order chi connectivity index (χ0) is 27.2. The Bertz CT molecular complexity index is 1470. The van der Waals surface area contributed by atoms with Crippen molar-refractivity contribution >= 4 is 46.6 Å². The van der Waals surface area contributed by atoms with Crippen molar-refractivity contribution in [1.29, 1.82) is 5.26 Å². The normalized spacial score (nSPS) is 15.0. The maximum atomic E-state index is 13.5. The predicted octanol–water partition coefficient (Wildman–Crippen LogP) is 5.96. The van der Waals surface area contributed by atoms with Crippen LogP contribution in [0.4, 0.5) is 11.4 Å². The Hall–Kier alpha value is -4.13. The van der Waals surface area contributed by atoms with Gasteiger partial charge in [-0.15, -0.1) is 0 Å². The second-order valence-electron chi connectivity index (χ2n) is 8.37. The fraction of sp³-hybridized carbons (Fsp3) is 0.179. The summed E-state index contributed by atoms with van der Waals surface area (Å²) in [6, 6.07) is 18.0. The number of nitrogens with one attached hydrogen (secondary N) is 3. The van der Waals surface area contributed by atoms with Gasteiger partial charge in [-0.25, -0.2) is 0 Å². The first kappa shape index (κ1) is 26.9. The molecule has 3 N–H and O–H groups in total. The van der Waals surface area contributed by atoms with Gasteiger partial charge in [-0.2, -0.15) is 5.26 Å². The molecule has 1 aliphatic heterocycles. The molecule has 38 heavy (non-hydrogen) atoms. The summed E-state index contributed by atoms with van der Waals surface area (Å²) < 4.78 is 11.0. The number of thioether (sulfide) groups is 1. The summed E-state index contributed by atoms with van der Waals surface area (Å²) in [6.45, 7) is 3.57. The maximum Gasteiger partial charge on any atom is 0.254 e. The van der Waals surface area contributed by atoms with Crippen molar-refractivity contribution < 1.29 is 18.7 Å². The summed E-state index contributed by atoms with van der Waals surface area (Å²) in [5, 5.41) is 20.1. The SMILES string of the molecule is COc1ccccc1NC(=O)C1=C(C)NC(SCC(=O)Nc2cccc(Cl)c2C)=C(C#N)[C@@H]1c1ccco1. The minimum atomic E-state index is -0.772. The van der Waals surface area contributed by atoms with Crippen molar-refractivity contribution in [2.75, 3.05) is 23.5 Å². The number of amides is 2. The number of allylic oxidation sites excluding steroid dienone is 2. The number of dihydropyridines is 1. The number of carbonyl (C=O) groups excluding carboxylic acids is 2. The van der Waals surface area contributed by atoms with Crippen LogP contribution < -0.4 is 20.7 Å². The number of ether oxygens (including phenoxy) is 1. The van der Waals surface area contributed by atoms with Gasteiger partial charge in [0.05, 0.1) is 53.0 Å². The van der Waals surface area contributed by atoms with Crippen LogP contribution in [0.1, 0.15) is 24.2 Å². The molecule has 0 saturated heterocycles. The number of methoxy groups -OCH3 is 1. The number of hydrogen-bond acceptors (Lipinski definition) is 7. The van der Waals surface area contributed by atoms with E-state index in [1.165, 1.54) is 25.1 Å². The van der Waals surface area contributed by atoms with Gasteiger partial charge in [0.2, 0.25) is 5.91 Å². The number of benzene rings is 2. The van der Waals surface area contributed by atoms with Crippen molar-refractivity contribution in [3.63, 3.8) is 0 Å². The van der Waals surface area contributed by atoms with Crippen molar-refractivity contribution in [2.45, 2.75) is 19.8 Å². The van der Waals surface area contributed by atoms with E-state index in [9.17, 15) is 14.9 Å². The Morgan fingerprint density at radius 3 is 2.58 bits per heavy atom. The van der Waals surface area contributed by atoms with Crippen molar-refractivity contribution in [1.82, 2.24) is 5.32 Å². The van der Waals surface area contributed by atoms with Crippen LogP contribution in [0.3, 0.4) is 0 Å². The Morgan fingerprint density at radius 1 is 1.11 bits per heavy atom. The van der Waals surface area contributed by atoms with E-state index in [1.807, 2.05) is 6.92 Å². The van der Waals surface area contributed by atoms with E-state index in [0.29, 0.717) is 44.2 Å². The van der Waals surface area contributed by atoms with Gasteiger partial charge < -0.3 is 25.1 Å². The van der Waals surface area contributed by atoms with E-state index < -0.39 is 11.8 Å². The van der Waals surface area contributed by atoms with E-state index in [1.54, 1.807) is 61.5 Å². The molecular weight excluding hydrogens is 524 g/mol. The molecule has 0 aliphatic carbocycles. The number of carbonyl (C=O) groups is 2. The zero-order valence-electron chi connectivity index (χ0n) is 20.9. The number of nitriles is 1. The third-order valence-electron chi connectivity index (χ3n) is 5.96. The molecule has 3 aromatic rings. The van der Waals surface area contributed by atoms with Crippen molar-refractivity contribution in [3.05, 3.63) is 99.1 Å². The molecule has 0 spiro atoms. The molecule has 194 valence electrons. The van der Waals surface area contributed by atoms with Gasteiger partial charge in [0.15, 0.2) is 0 Å². The average Bonchev–Trinajstić information content (AvgIpc) is 3.44. The molecule has 1 aromatic heterocycles. The first-order chi connectivity index (χ1) is 18.3. The number of para-hydroxylation sites is 2. The third kappa shape index (κ3) is 5.72. The van der Waals surface area contributed by atoms with Crippen LogP contribution in [0.25, 0.3) is 0 Å². The third-order valence-corrected chi connectivity index (χ3v) is 7.39. The first-order valence-corrected chi connectivity index (χ1v) is 13.0. The predicted molar refractivity (Wildman–Crippen MR) is 149 cm³/mol. The lowest BCUT2D eigenvalue weighted by Gasteiger charge is -2.28. The van der Waals surface area contributed by atoms with E-state index in [2.05, 4.69) is 22.0 Å². The van der Waals surface area contributed by atoms with E-state index in [4.69, 9.17) is 20.8 Å². The molecule has 0 radical (unpaired) electrons. The van der Waals surface area contributed by atoms with Gasteiger partial charge in [0, 0.05) is 16.4 Å². The highest BCUT2D eigenvalue weighted by molar-refractivity contribution is 8.03. The smallest absolute Gasteiger partial charge is 0.254 e. The molecule has 2 aromatic carbocycles. The molecule has 8 nitrogen and oxygen atoms in total. The highest BCUT2D eigenvalue weighted by Gasteiger charge is 2.36. The van der Waals surface area contributed by atoms with Crippen LogP contribution in [0, 0.1) is 18.3 Å². The Balaban J connectivity index is 1.60. The highest BCUT2D eigenvalue weighted by Crippen LogP contribution is 2.41. The number of anilines is 2. The number of halogens is 1. The topological polar surface area (TPSA) is 116 Å². The van der Waals surface area contributed by atoms with Crippen LogP contribution in [0.2, 0.25) is 5.02 Å². The second-order valence-corrected chi connectivity index (χ2v) is 9.76. The summed E-state index contributed by atoms with van der Waals surface area (Å²) in [7, 11) is 1.52. The Kier molecular flexibility index (Phi) is 8.46. The average molecular weight is 549 g/mol. The number of furan rings is 1. The van der Waals surface area contributed by atoms with Gasteiger partial charge in [-0.05, 0) is 55.8 Å². The second kappa shape index (κ2) is 11.9. The van der Waals surface area contributed by atoms with Crippen molar-refractivity contribution in [2.24, 2.45) is 0 Å². The fourth-order valence-electron chi connectivity index (χ4n) is 4.07. The molecule has 1 aliphatic rings. The molecule has 0 fully saturated rings.